The van der Waals surface area contributed by atoms with E-state index in [1.165, 1.54) is 6.07 Å². The molecule has 0 amide bonds. The van der Waals surface area contributed by atoms with Crippen molar-refractivity contribution < 1.29 is 14.3 Å². The molecular formula is C13H17ClFNO2. The highest BCUT2D eigenvalue weighted by atomic mass is 35.5. The number of nitrogens with two attached hydrogens (primary N) is 1. The van der Waals surface area contributed by atoms with E-state index in [-0.39, 0.29) is 17.4 Å². The minimum Gasteiger partial charge on any atom is -0.481 e. The Morgan fingerprint density at radius 2 is 2.11 bits per heavy atom. The van der Waals surface area contributed by atoms with Gasteiger partial charge >= 0.3 is 5.97 Å². The number of carboxylic acids is 1. The van der Waals surface area contributed by atoms with Gasteiger partial charge in [0.2, 0.25) is 0 Å². The van der Waals surface area contributed by atoms with Crippen LogP contribution in [0.4, 0.5) is 4.39 Å². The molecule has 0 saturated carbocycles. The van der Waals surface area contributed by atoms with Crippen molar-refractivity contribution in [1.82, 2.24) is 0 Å². The molecule has 0 saturated heterocycles. The molecule has 0 fully saturated rings. The van der Waals surface area contributed by atoms with Gasteiger partial charge in [0.15, 0.2) is 0 Å². The van der Waals surface area contributed by atoms with Crippen LogP contribution >= 0.6 is 11.6 Å². The molecule has 0 radical (unpaired) electrons. The number of hydrogen-bond acceptors (Lipinski definition) is 2. The topological polar surface area (TPSA) is 63.3 Å². The summed E-state index contributed by atoms with van der Waals surface area (Å²) in [5.41, 5.74) is 7.06. The normalized spacial score (nSPS) is 12.8. The Morgan fingerprint density at radius 3 is 2.61 bits per heavy atom. The number of rotatable bonds is 5. The first kappa shape index (κ1) is 14.9. The smallest absolute Gasteiger partial charge is 0.303 e. The summed E-state index contributed by atoms with van der Waals surface area (Å²) in [6.07, 6.45) is 0.280. The minimum atomic E-state index is -0.900. The van der Waals surface area contributed by atoms with Gasteiger partial charge in [0, 0.05) is 12.5 Å². The van der Waals surface area contributed by atoms with E-state index < -0.39 is 17.8 Å². The zero-order chi connectivity index (χ0) is 13.9. The van der Waals surface area contributed by atoms with Gasteiger partial charge in [-0.05, 0) is 29.5 Å². The molecule has 0 aliphatic heterocycles. The third kappa shape index (κ3) is 3.68. The van der Waals surface area contributed by atoms with Gasteiger partial charge < -0.3 is 10.8 Å². The van der Waals surface area contributed by atoms with Crippen LogP contribution in [-0.4, -0.2) is 11.1 Å². The summed E-state index contributed by atoms with van der Waals surface area (Å²) >= 11 is 5.82. The van der Waals surface area contributed by atoms with E-state index in [0.717, 1.165) is 0 Å². The number of benzene rings is 1. The van der Waals surface area contributed by atoms with E-state index in [4.69, 9.17) is 22.4 Å². The van der Waals surface area contributed by atoms with Crippen LogP contribution < -0.4 is 5.73 Å². The summed E-state index contributed by atoms with van der Waals surface area (Å²) in [4.78, 5) is 10.5. The maximum Gasteiger partial charge on any atom is 0.303 e. The molecule has 0 aromatic heterocycles. The van der Waals surface area contributed by atoms with Crippen LogP contribution in [0.15, 0.2) is 12.1 Å². The van der Waals surface area contributed by atoms with Gasteiger partial charge in [0.1, 0.15) is 5.82 Å². The fourth-order valence-electron chi connectivity index (χ4n) is 1.71. The third-order valence-electron chi connectivity index (χ3n) is 2.80. The molecule has 1 unspecified atom stereocenters. The monoisotopic (exact) mass is 273 g/mol. The van der Waals surface area contributed by atoms with E-state index in [1.807, 2.05) is 13.8 Å². The Hall–Kier alpha value is -1.13. The molecule has 100 valence electrons. The lowest BCUT2D eigenvalue weighted by molar-refractivity contribution is -0.137. The van der Waals surface area contributed by atoms with Crippen LogP contribution in [0, 0.1) is 5.82 Å². The Labute approximate surface area is 111 Å². The number of carboxylic acid groups (broad SMARTS) is 1. The Morgan fingerprint density at radius 1 is 1.50 bits per heavy atom. The molecular weight excluding hydrogens is 257 g/mol. The molecule has 0 aliphatic rings. The zero-order valence-corrected chi connectivity index (χ0v) is 11.2. The average Bonchev–Trinajstić information content (AvgIpc) is 2.28. The second-order valence-corrected chi connectivity index (χ2v) is 5.01. The third-order valence-corrected chi connectivity index (χ3v) is 3.07. The van der Waals surface area contributed by atoms with Gasteiger partial charge in [-0.25, -0.2) is 4.39 Å². The molecule has 1 atom stereocenters. The average molecular weight is 274 g/mol. The van der Waals surface area contributed by atoms with Crippen molar-refractivity contribution in [2.24, 2.45) is 5.73 Å². The Balaban J connectivity index is 2.99. The van der Waals surface area contributed by atoms with Crippen molar-refractivity contribution in [2.45, 2.75) is 38.6 Å². The largest absolute Gasteiger partial charge is 0.481 e. The van der Waals surface area contributed by atoms with Crippen molar-refractivity contribution >= 4 is 17.6 Å². The Kier molecular flexibility index (Phi) is 5.11. The first-order valence-corrected chi connectivity index (χ1v) is 6.17. The molecule has 1 rings (SSSR count). The predicted molar refractivity (Wildman–Crippen MR) is 69.3 cm³/mol. The highest BCUT2D eigenvalue weighted by Gasteiger charge is 2.16. The van der Waals surface area contributed by atoms with Gasteiger partial charge in [0.05, 0.1) is 5.02 Å². The van der Waals surface area contributed by atoms with Crippen LogP contribution in [0.1, 0.15) is 49.8 Å². The summed E-state index contributed by atoms with van der Waals surface area (Å²) in [5, 5.41) is 8.64. The minimum absolute atomic E-state index is 0.00544. The number of halogens is 2. The van der Waals surface area contributed by atoms with Gasteiger partial charge in [-0.15, -0.1) is 0 Å². The van der Waals surface area contributed by atoms with Crippen molar-refractivity contribution in [2.75, 3.05) is 0 Å². The van der Waals surface area contributed by atoms with Gasteiger partial charge in [-0.2, -0.15) is 0 Å². The van der Waals surface area contributed by atoms with Crippen LogP contribution in [0.5, 0.6) is 0 Å². The van der Waals surface area contributed by atoms with Gasteiger partial charge in [-0.1, -0.05) is 31.5 Å². The van der Waals surface area contributed by atoms with Gasteiger partial charge in [0.25, 0.3) is 0 Å². The molecule has 18 heavy (non-hydrogen) atoms. The second-order valence-electron chi connectivity index (χ2n) is 4.60. The molecule has 1 aromatic carbocycles. The summed E-state index contributed by atoms with van der Waals surface area (Å²) in [5.74, 6) is -1.34. The first-order valence-electron chi connectivity index (χ1n) is 5.79. The molecule has 0 aliphatic carbocycles. The summed E-state index contributed by atoms with van der Waals surface area (Å²) in [6, 6.07) is 2.69. The second kappa shape index (κ2) is 6.16. The lowest BCUT2D eigenvalue weighted by Gasteiger charge is -2.15. The van der Waals surface area contributed by atoms with E-state index in [2.05, 4.69) is 0 Å². The van der Waals surface area contributed by atoms with Crippen molar-refractivity contribution in [3.05, 3.63) is 34.1 Å². The zero-order valence-electron chi connectivity index (χ0n) is 10.4. The predicted octanol–water partition coefficient (Wildman–Crippen LogP) is 3.47. The summed E-state index contributed by atoms with van der Waals surface area (Å²) < 4.78 is 13.7. The Bertz CT molecular complexity index is 449. The molecule has 1 aromatic rings. The lowest BCUT2D eigenvalue weighted by atomic mass is 9.95. The highest BCUT2D eigenvalue weighted by molar-refractivity contribution is 6.30. The maximum atomic E-state index is 13.7. The lowest BCUT2D eigenvalue weighted by Crippen LogP contribution is -2.13. The molecule has 5 heteroatoms. The van der Waals surface area contributed by atoms with Crippen LogP contribution in [0.3, 0.4) is 0 Å². The fourth-order valence-corrected chi connectivity index (χ4v) is 1.95. The summed E-state index contributed by atoms with van der Waals surface area (Å²) in [7, 11) is 0. The van der Waals surface area contributed by atoms with Crippen LogP contribution in [0.25, 0.3) is 0 Å². The van der Waals surface area contributed by atoms with Crippen LogP contribution in [0.2, 0.25) is 5.02 Å². The van der Waals surface area contributed by atoms with E-state index in [9.17, 15) is 9.18 Å². The molecule has 3 nitrogen and oxygen atoms in total. The SMILES string of the molecule is CC(C)c1cc(C(N)CCC(=O)O)cc(Cl)c1F. The number of aliphatic carboxylic acids is 1. The van der Waals surface area contributed by atoms with Crippen molar-refractivity contribution in [1.29, 1.82) is 0 Å². The summed E-state index contributed by atoms with van der Waals surface area (Å²) in [6.45, 7) is 3.72. The number of hydrogen-bond donors (Lipinski definition) is 2. The van der Waals surface area contributed by atoms with E-state index in [1.54, 1.807) is 6.07 Å². The van der Waals surface area contributed by atoms with Crippen LogP contribution in [-0.2, 0) is 4.79 Å². The molecule has 0 heterocycles. The molecule has 3 N–H and O–H groups in total. The van der Waals surface area contributed by atoms with Crippen molar-refractivity contribution in [3.63, 3.8) is 0 Å². The maximum absolute atomic E-state index is 13.7. The molecule has 0 bridgehead atoms. The molecule has 0 spiro atoms. The fraction of sp³-hybridized carbons (Fsp3) is 0.462. The number of carbonyl (C=O) groups is 1. The first-order chi connectivity index (χ1) is 8.32. The van der Waals surface area contributed by atoms with Crippen molar-refractivity contribution in [3.8, 4) is 0 Å². The van der Waals surface area contributed by atoms with Gasteiger partial charge in [-0.3, -0.25) is 4.79 Å². The van der Waals surface area contributed by atoms with E-state index in [0.29, 0.717) is 17.5 Å². The van der Waals surface area contributed by atoms with E-state index >= 15 is 0 Å². The quantitative estimate of drug-likeness (QED) is 0.863. The standard InChI is InChI=1S/C13H17ClFNO2/c1-7(2)9-5-8(6-10(14)13(9)15)11(16)3-4-12(17)18/h5-7,11H,3-4,16H2,1-2H3,(H,17,18). The highest BCUT2D eigenvalue weighted by Crippen LogP contribution is 2.29.